The Morgan fingerprint density at radius 3 is 2.86 bits per heavy atom. The minimum atomic E-state index is -0.0619. The fraction of sp³-hybridized carbons (Fsp3) is 0.125. The van der Waals surface area contributed by atoms with Gasteiger partial charge in [-0.25, -0.2) is 4.98 Å². The first-order chi connectivity index (χ1) is 10.3. The van der Waals surface area contributed by atoms with Gasteiger partial charge < -0.3 is 9.72 Å². The standard InChI is InChI=1S/C16H15N3OS/c1-17-16(20)13-6-2-3-7-14(13)21-11-12-10-19-9-5-4-8-15(19)18-12/h2-10H,11H2,1H3,(H,17,20). The van der Waals surface area contributed by atoms with E-state index < -0.39 is 0 Å². The van der Waals surface area contributed by atoms with Gasteiger partial charge in [0.05, 0.1) is 11.3 Å². The lowest BCUT2D eigenvalue weighted by Crippen LogP contribution is -2.18. The maximum atomic E-state index is 11.8. The van der Waals surface area contributed by atoms with Crippen molar-refractivity contribution in [2.75, 3.05) is 7.05 Å². The zero-order valence-electron chi connectivity index (χ0n) is 11.6. The van der Waals surface area contributed by atoms with Crippen LogP contribution in [-0.4, -0.2) is 22.3 Å². The van der Waals surface area contributed by atoms with Gasteiger partial charge in [-0.1, -0.05) is 18.2 Å². The summed E-state index contributed by atoms with van der Waals surface area (Å²) in [5.41, 5.74) is 2.64. The van der Waals surface area contributed by atoms with Gasteiger partial charge in [-0.3, -0.25) is 4.79 Å². The quantitative estimate of drug-likeness (QED) is 0.753. The number of fused-ring (bicyclic) bond motifs is 1. The number of rotatable bonds is 4. The van der Waals surface area contributed by atoms with E-state index >= 15 is 0 Å². The molecule has 21 heavy (non-hydrogen) atoms. The molecule has 1 amide bonds. The zero-order valence-corrected chi connectivity index (χ0v) is 12.4. The van der Waals surface area contributed by atoms with Crippen molar-refractivity contribution in [3.63, 3.8) is 0 Å². The summed E-state index contributed by atoms with van der Waals surface area (Å²) in [4.78, 5) is 17.4. The summed E-state index contributed by atoms with van der Waals surface area (Å²) < 4.78 is 2.00. The molecule has 2 heterocycles. The third-order valence-electron chi connectivity index (χ3n) is 3.15. The lowest BCUT2D eigenvalue weighted by atomic mass is 10.2. The molecule has 106 valence electrons. The number of nitrogens with zero attached hydrogens (tertiary/aromatic N) is 2. The number of aromatic nitrogens is 2. The van der Waals surface area contributed by atoms with E-state index in [4.69, 9.17) is 0 Å². The number of hydrogen-bond donors (Lipinski definition) is 1. The molecule has 3 rings (SSSR count). The van der Waals surface area contributed by atoms with Crippen molar-refractivity contribution in [3.8, 4) is 0 Å². The van der Waals surface area contributed by atoms with Crippen LogP contribution in [-0.2, 0) is 5.75 Å². The Kier molecular flexibility index (Phi) is 3.92. The normalized spacial score (nSPS) is 10.7. The van der Waals surface area contributed by atoms with Gasteiger partial charge in [0.25, 0.3) is 5.91 Å². The average molecular weight is 297 g/mol. The summed E-state index contributed by atoms with van der Waals surface area (Å²) in [5.74, 6) is 0.670. The third-order valence-corrected chi connectivity index (χ3v) is 4.26. The van der Waals surface area contributed by atoms with E-state index in [0.717, 1.165) is 22.0 Å². The van der Waals surface area contributed by atoms with Crippen LogP contribution in [0.1, 0.15) is 16.1 Å². The largest absolute Gasteiger partial charge is 0.355 e. The van der Waals surface area contributed by atoms with E-state index in [1.165, 1.54) is 0 Å². The van der Waals surface area contributed by atoms with Crippen molar-refractivity contribution in [2.24, 2.45) is 0 Å². The van der Waals surface area contributed by atoms with Crippen LogP contribution in [0.2, 0.25) is 0 Å². The molecule has 0 fully saturated rings. The molecule has 0 aliphatic heterocycles. The molecule has 0 atom stereocenters. The predicted octanol–water partition coefficient (Wildman–Crippen LogP) is 2.99. The minimum absolute atomic E-state index is 0.0619. The fourth-order valence-electron chi connectivity index (χ4n) is 2.12. The summed E-state index contributed by atoms with van der Waals surface area (Å²) in [6.45, 7) is 0. The van der Waals surface area contributed by atoms with E-state index in [0.29, 0.717) is 5.56 Å². The number of carbonyl (C=O) groups excluding carboxylic acids is 1. The highest BCUT2D eigenvalue weighted by atomic mass is 32.2. The van der Waals surface area contributed by atoms with Crippen molar-refractivity contribution in [2.45, 2.75) is 10.6 Å². The first-order valence-corrected chi connectivity index (χ1v) is 7.63. The summed E-state index contributed by atoms with van der Waals surface area (Å²) in [5, 5.41) is 2.67. The van der Waals surface area contributed by atoms with Gasteiger partial charge in [-0.15, -0.1) is 11.8 Å². The Hall–Kier alpha value is -2.27. The Bertz CT molecular complexity index is 749. The average Bonchev–Trinajstić information content (AvgIpc) is 2.95. The molecule has 5 heteroatoms. The van der Waals surface area contributed by atoms with E-state index in [2.05, 4.69) is 10.3 Å². The first kappa shape index (κ1) is 13.7. The first-order valence-electron chi connectivity index (χ1n) is 6.64. The number of carbonyl (C=O) groups is 1. The van der Waals surface area contributed by atoms with E-state index in [1.807, 2.05) is 59.3 Å². The van der Waals surface area contributed by atoms with Gasteiger partial charge in [0.15, 0.2) is 0 Å². The zero-order chi connectivity index (χ0) is 14.7. The van der Waals surface area contributed by atoms with Gasteiger partial charge in [-0.2, -0.15) is 0 Å². The maximum Gasteiger partial charge on any atom is 0.252 e. The summed E-state index contributed by atoms with van der Waals surface area (Å²) in [6, 6.07) is 13.5. The van der Waals surface area contributed by atoms with Crippen molar-refractivity contribution in [1.82, 2.24) is 14.7 Å². The lowest BCUT2D eigenvalue weighted by molar-refractivity contribution is 0.0960. The smallest absolute Gasteiger partial charge is 0.252 e. The van der Waals surface area contributed by atoms with E-state index in [9.17, 15) is 4.79 Å². The Balaban J connectivity index is 1.80. The highest BCUT2D eigenvalue weighted by Gasteiger charge is 2.10. The van der Waals surface area contributed by atoms with Gasteiger partial charge >= 0.3 is 0 Å². The van der Waals surface area contributed by atoms with Crippen LogP contribution < -0.4 is 5.32 Å². The van der Waals surface area contributed by atoms with E-state index in [1.54, 1.807) is 18.8 Å². The van der Waals surface area contributed by atoms with Crippen LogP contribution in [0, 0.1) is 0 Å². The molecule has 0 spiro atoms. The molecule has 2 aromatic heterocycles. The summed E-state index contributed by atoms with van der Waals surface area (Å²) in [6.07, 6.45) is 4.00. The number of imidazole rings is 1. The van der Waals surface area contributed by atoms with Crippen LogP contribution in [0.3, 0.4) is 0 Å². The van der Waals surface area contributed by atoms with Gasteiger partial charge in [0.2, 0.25) is 0 Å². The third kappa shape index (κ3) is 2.92. The Morgan fingerprint density at radius 2 is 2.05 bits per heavy atom. The number of hydrogen-bond acceptors (Lipinski definition) is 3. The molecule has 0 bridgehead atoms. The van der Waals surface area contributed by atoms with Gasteiger partial charge in [0, 0.05) is 30.1 Å². The summed E-state index contributed by atoms with van der Waals surface area (Å²) in [7, 11) is 1.64. The topological polar surface area (TPSA) is 46.4 Å². The highest BCUT2D eigenvalue weighted by Crippen LogP contribution is 2.26. The predicted molar refractivity (Wildman–Crippen MR) is 84.6 cm³/mol. The maximum absolute atomic E-state index is 11.8. The van der Waals surface area contributed by atoms with Gasteiger partial charge in [-0.05, 0) is 24.3 Å². The molecule has 4 nitrogen and oxygen atoms in total. The number of pyridine rings is 1. The molecule has 1 N–H and O–H groups in total. The SMILES string of the molecule is CNC(=O)c1ccccc1SCc1cn2ccccc2n1. The van der Waals surface area contributed by atoms with Crippen molar-refractivity contribution < 1.29 is 4.79 Å². The van der Waals surface area contributed by atoms with Crippen LogP contribution in [0.5, 0.6) is 0 Å². The molecule has 0 aliphatic carbocycles. The highest BCUT2D eigenvalue weighted by molar-refractivity contribution is 7.98. The van der Waals surface area contributed by atoms with Crippen LogP contribution >= 0.6 is 11.8 Å². The van der Waals surface area contributed by atoms with Crippen molar-refractivity contribution in [3.05, 3.63) is 66.1 Å². The van der Waals surface area contributed by atoms with Crippen LogP contribution in [0.15, 0.2) is 59.8 Å². The molecule has 0 aliphatic rings. The number of benzene rings is 1. The van der Waals surface area contributed by atoms with E-state index in [-0.39, 0.29) is 5.91 Å². The molecule has 3 aromatic rings. The second kappa shape index (κ2) is 6.01. The Morgan fingerprint density at radius 1 is 1.24 bits per heavy atom. The number of thioether (sulfide) groups is 1. The minimum Gasteiger partial charge on any atom is -0.355 e. The molecule has 0 radical (unpaired) electrons. The molecular formula is C16H15N3OS. The molecule has 0 saturated carbocycles. The van der Waals surface area contributed by atoms with Crippen LogP contribution in [0.4, 0.5) is 0 Å². The lowest BCUT2D eigenvalue weighted by Gasteiger charge is -2.06. The molecule has 1 aromatic carbocycles. The second-order valence-electron chi connectivity index (χ2n) is 4.56. The second-order valence-corrected chi connectivity index (χ2v) is 5.58. The molecule has 0 unspecified atom stereocenters. The fourth-order valence-corrected chi connectivity index (χ4v) is 3.06. The monoisotopic (exact) mass is 297 g/mol. The molecule has 0 saturated heterocycles. The number of nitrogens with one attached hydrogen (secondary N) is 1. The summed E-state index contributed by atoms with van der Waals surface area (Å²) >= 11 is 1.62. The van der Waals surface area contributed by atoms with Crippen LogP contribution in [0.25, 0.3) is 5.65 Å². The number of amides is 1. The van der Waals surface area contributed by atoms with Crippen molar-refractivity contribution >= 4 is 23.3 Å². The Labute approximate surface area is 127 Å². The van der Waals surface area contributed by atoms with Crippen molar-refractivity contribution in [1.29, 1.82) is 0 Å². The van der Waals surface area contributed by atoms with Gasteiger partial charge in [0.1, 0.15) is 5.65 Å². The molecular weight excluding hydrogens is 282 g/mol.